The van der Waals surface area contributed by atoms with Crippen molar-refractivity contribution in [1.29, 1.82) is 0 Å². The van der Waals surface area contributed by atoms with Crippen LogP contribution in [0.4, 0.5) is 0 Å². The van der Waals surface area contributed by atoms with Gasteiger partial charge in [0.15, 0.2) is 0 Å². The third kappa shape index (κ3) is 2.07. The number of carboxylic acid groups (broad SMARTS) is 1. The standard InChI is InChI=1S/C19H33NO2/c1-4-7-14-11-13-12-15(20-10-5-2)19(17(21)22)9-6-8-18(14,3)16(13)19/h13-16,20H,4-12H2,1-3H3,(H,21,22). The van der Waals surface area contributed by atoms with Gasteiger partial charge in [0.05, 0.1) is 5.41 Å². The quantitative estimate of drug-likeness (QED) is 0.777. The Labute approximate surface area is 135 Å². The third-order valence-electron chi connectivity index (χ3n) is 7.40. The molecule has 6 unspecified atom stereocenters. The van der Waals surface area contributed by atoms with Crippen LogP contribution >= 0.6 is 0 Å². The molecule has 3 aliphatic carbocycles. The average molecular weight is 307 g/mol. The van der Waals surface area contributed by atoms with E-state index in [0.717, 1.165) is 38.1 Å². The number of nitrogens with one attached hydrogen (secondary N) is 1. The Bertz CT molecular complexity index is 437. The number of hydrogen-bond acceptors (Lipinski definition) is 2. The number of carboxylic acids is 1. The highest BCUT2D eigenvalue weighted by atomic mass is 16.4. The summed E-state index contributed by atoms with van der Waals surface area (Å²) in [5, 5.41) is 13.8. The molecule has 22 heavy (non-hydrogen) atoms. The van der Waals surface area contributed by atoms with Crippen molar-refractivity contribution in [3.05, 3.63) is 0 Å². The minimum Gasteiger partial charge on any atom is -0.481 e. The van der Waals surface area contributed by atoms with Gasteiger partial charge in [0.1, 0.15) is 0 Å². The maximum absolute atomic E-state index is 12.4. The lowest BCUT2D eigenvalue weighted by Gasteiger charge is -2.50. The van der Waals surface area contributed by atoms with Gasteiger partial charge in [-0.3, -0.25) is 4.79 Å². The van der Waals surface area contributed by atoms with Gasteiger partial charge in [0.2, 0.25) is 0 Å². The van der Waals surface area contributed by atoms with E-state index in [1.807, 2.05) is 0 Å². The summed E-state index contributed by atoms with van der Waals surface area (Å²) >= 11 is 0. The number of hydrogen-bond donors (Lipinski definition) is 2. The third-order valence-corrected chi connectivity index (χ3v) is 7.40. The highest BCUT2D eigenvalue weighted by Crippen LogP contribution is 2.70. The minimum atomic E-state index is -0.517. The molecule has 2 N–H and O–H groups in total. The Morgan fingerprint density at radius 1 is 1.23 bits per heavy atom. The van der Waals surface area contributed by atoms with E-state index in [4.69, 9.17) is 0 Å². The van der Waals surface area contributed by atoms with Gasteiger partial charge in [-0.05, 0) is 61.8 Å². The molecule has 3 rings (SSSR count). The maximum atomic E-state index is 12.4. The first-order valence-corrected chi connectivity index (χ1v) is 9.47. The second-order valence-corrected chi connectivity index (χ2v) is 8.41. The molecule has 6 atom stereocenters. The van der Waals surface area contributed by atoms with Crippen LogP contribution in [0.15, 0.2) is 0 Å². The van der Waals surface area contributed by atoms with Gasteiger partial charge in [-0.1, -0.05) is 40.0 Å². The van der Waals surface area contributed by atoms with Crippen molar-refractivity contribution in [3.8, 4) is 0 Å². The molecule has 0 heterocycles. The molecular weight excluding hydrogens is 274 g/mol. The van der Waals surface area contributed by atoms with Crippen molar-refractivity contribution in [2.75, 3.05) is 6.54 Å². The van der Waals surface area contributed by atoms with Crippen LogP contribution in [-0.4, -0.2) is 23.7 Å². The van der Waals surface area contributed by atoms with Gasteiger partial charge in [0.25, 0.3) is 0 Å². The van der Waals surface area contributed by atoms with Crippen molar-refractivity contribution in [3.63, 3.8) is 0 Å². The maximum Gasteiger partial charge on any atom is 0.311 e. The molecule has 0 bridgehead atoms. The van der Waals surface area contributed by atoms with Gasteiger partial charge in [0, 0.05) is 6.04 Å². The summed E-state index contributed by atoms with van der Waals surface area (Å²) in [6, 6.07) is 0.196. The van der Waals surface area contributed by atoms with E-state index in [1.165, 1.54) is 25.7 Å². The molecule has 3 nitrogen and oxygen atoms in total. The molecule has 126 valence electrons. The first-order chi connectivity index (χ1) is 10.5. The normalized spacial score (nSPS) is 46.7. The molecule has 0 saturated heterocycles. The van der Waals surface area contributed by atoms with Crippen molar-refractivity contribution in [2.45, 2.75) is 78.2 Å². The first-order valence-electron chi connectivity index (χ1n) is 9.47. The Hall–Kier alpha value is -0.570. The van der Waals surface area contributed by atoms with Crippen LogP contribution in [0.5, 0.6) is 0 Å². The van der Waals surface area contributed by atoms with E-state index in [1.54, 1.807) is 0 Å². The molecule has 3 saturated carbocycles. The van der Waals surface area contributed by atoms with Crippen molar-refractivity contribution in [1.82, 2.24) is 5.32 Å². The Balaban J connectivity index is 1.96. The largest absolute Gasteiger partial charge is 0.481 e. The summed E-state index contributed by atoms with van der Waals surface area (Å²) in [5.41, 5.74) is -0.227. The molecule has 0 aromatic rings. The second-order valence-electron chi connectivity index (χ2n) is 8.41. The monoisotopic (exact) mass is 307 g/mol. The number of carbonyl (C=O) groups is 1. The van der Waals surface area contributed by atoms with Gasteiger partial charge in [-0.25, -0.2) is 0 Å². The number of aliphatic carboxylic acids is 1. The minimum absolute atomic E-state index is 0.196. The molecule has 3 fully saturated rings. The fourth-order valence-electron chi connectivity index (χ4n) is 6.75. The summed E-state index contributed by atoms with van der Waals surface area (Å²) in [7, 11) is 0. The summed E-state index contributed by atoms with van der Waals surface area (Å²) in [6.07, 6.45) is 9.19. The zero-order valence-corrected chi connectivity index (χ0v) is 14.5. The smallest absolute Gasteiger partial charge is 0.311 e. The summed E-state index contributed by atoms with van der Waals surface area (Å²) in [6.45, 7) is 7.82. The van der Waals surface area contributed by atoms with Gasteiger partial charge < -0.3 is 10.4 Å². The Kier molecular flexibility index (Phi) is 4.30. The van der Waals surface area contributed by atoms with E-state index >= 15 is 0 Å². The second kappa shape index (κ2) is 5.81. The van der Waals surface area contributed by atoms with Gasteiger partial charge in [-0.2, -0.15) is 0 Å². The number of rotatable bonds is 6. The van der Waals surface area contributed by atoms with Crippen LogP contribution < -0.4 is 5.32 Å². The zero-order valence-electron chi connectivity index (χ0n) is 14.5. The van der Waals surface area contributed by atoms with Gasteiger partial charge in [-0.15, -0.1) is 0 Å². The highest BCUT2D eigenvalue weighted by Gasteiger charge is 2.70. The van der Waals surface area contributed by atoms with E-state index in [2.05, 4.69) is 26.1 Å². The van der Waals surface area contributed by atoms with Crippen molar-refractivity contribution >= 4 is 5.97 Å². The molecular formula is C19H33NO2. The van der Waals surface area contributed by atoms with E-state index in [0.29, 0.717) is 11.8 Å². The zero-order chi connectivity index (χ0) is 16.0. The molecule has 0 aliphatic heterocycles. The van der Waals surface area contributed by atoms with Crippen LogP contribution in [0, 0.1) is 28.6 Å². The molecule has 0 amide bonds. The molecule has 0 radical (unpaired) electrons. The van der Waals surface area contributed by atoms with Gasteiger partial charge >= 0.3 is 5.97 Å². The highest BCUT2D eigenvalue weighted by molar-refractivity contribution is 5.77. The van der Waals surface area contributed by atoms with Crippen LogP contribution in [0.1, 0.15) is 72.1 Å². The fraction of sp³-hybridized carbons (Fsp3) is 0.947. The summed E-state index contributed by atoms with van der Waals surface area (Å²) in [5.74, 6) is 1.26. The topological polar surface area (TPSA) is 49.3 Å². The molecule has 0 spiro atoms. The van der Waals surface area contributed by atoms with Crippen LogP contribution in [0.25, 0.3) is 0 Å². The lowest BCUT2D eigenvalue weighted by Crippen LogP contribution is -2.56. The van der Waals surface area contributed by atoms with Crippen molar-refractivity contribution < 1.29 is 9.90 Å². The van der Waals surface area contributed by atoms with Crippen LogP contribution in [0.2, 0.25) is 0 Å². The first kappa shape index (κ1) is 16.3. The van der Waals surface area contributed by atoms with E-state index < -0.39 is 11.4 Å². The SMILES string of the molecule is CCCNC1CC2CC(CCC)C3(C)CCCC1(C(=O)O)C23. The van der Waals surface area contributed by atoms with E-state index in [9.17, 15) is 9.90 Å². The predicted molar refractivity (Wildman–Crippen MR) is 88.7 cm³/mol. The lowest BCUT2D eigenvalue weighted by atomic mass is 9.54. The molecule has 0 aromatic carbocycles. The van der Waals surface area contributed by atoms with Crippen molar-refractivity contribution in [2.24, 2.45) is 28.6 Å². The molecule has 3 heteroatoms. The molecule has 0 aromatic heterocycles. The van der Waals surface area contributed by atoms with Crippen LogP contribution in [0.3, 0.4) is 0 Å². The fourth-order valence-corrected chi connectivity index (χ4v) is 6.75. The summed E-state index contributed by atoms with van der Waals surface area (Å²) in [4.78, 5) is 12.4. The van der Waals surface area contributed by atoms with E-state index in [-0.39, 0.29) is 11.5 Å². The predicted octanol–water partition coefficient (Wildman–Crippen LogP) is 4.07. The average Bonchev–Trinajstić information content (AvgIpc) is 2.95. The molecule has 3 aliphatic rings. The van der Waals surface area contributed by atoms with Crippen LogP contribution in [-0.2, 0) is 4.79 Å². The Morgan fingerprint density at radius 3 is 2.64 bits per heavy atom. The lowest BCUT2D eigenvalue weighted by molar-refractivity contribution is -0.161. The summed E-state index contributed by atoms with van der Waals surface area (Å²) < 4.78 is 0. The Morgan fingerprint density at radius 2 is 2.00 bits per heavy atom.